The van der Waals surface area contributed by atoms with Gasteiger partial charge in [-0.1, -0.05) is 12.8 Å². The second kappa shape index (κ2) is 6.38. The fourth-order valence-corrected chi connectivity index (χ4v) is 3.40. The highest BCUT2D eigenvalue weighted by Gasteiger charge is 2.37. The molecular formula is C17H23NO4. The Morgan fingerprint density at radius 2 is 1.77 bits per heavy atom. The number of hydrogen-bond acceptors (Lipinski definition) is 3. The molecule has 120 valence electrons. The number of methoxy groups -OCH3 is 1. The van der Waals surface area contributed by atoms with Gasteiger partial charge >= 0.3 is 5.97 Å². The van der Waals surface area contributed by atoms with Crippen molar-refractivity contribution in [1.29, 1.82) is 0 Å². The van der Waals surface area contributed by atoms with E-state index in [2.05, 4.69) is 5.32 Å². The van der Waals surface area contributed by atoms with Gasteiger partial charge in [0.15, 0.2) is 0 Å². The summed E-state index contributed by atoms with van der Waals surface area (Å²) in [4.78, 5) is 23.6. The van der Waals surface area contributed by atoms with Gasteiger partial charge < -0.3 is 15.2 Å². The minimum atomic E-state index is -0.871. The van der Waals surface area contributed by atoms with Gasteiger partial charge in [0.1, 0.15) is 5.75 Å². The monoisotopic (exact) mass is 305 g/mol. The van der Waals surface area contributed by atoms with E-state index in [-0.39, 0.29) is 12.3 Å². The summed E-state index contributed by atoms with van der Waals surface area (Å²) in [5, 5.41) is 12.1. The highest BCUT2D eigenvalue weighted by molar-refractivity contribution is 5.95. The van der Waals surface area contributed by atoms with E-state index >= 15 is 0 Å². The summed E-state index contributed by atoms with van der Waals surface area (Å²) in [6.45, 7) is 3.79. The van der Waals surface area contributed by atoms with Crippen LogP contribution in [0.1, 0.15) is 53.6 Å². The van der Waals surface area contributed by atoms with E-state index in [0.717, 1.165) is 42.6 Å². The Morgan fingerprint density at radius 3 is 2.23 bits per heavy atom. The Balaban J connectivity index is 2.22. The highest BCUT2D eigenvalue weighted by atomic mass is 16.5. The van der Waals surface area contributed by atoms with Gasteiger partial charge in [0.25, 0.3) is 5.91 Å². The first-order valence-corrected chi connectivity index (χ1v) is 7.56. The second-order valence-corrected chi connectivity index (χ2v) is 6.16. The molecule has 0 aliphatic heterocycles. The van der Waals surface area contributed by atoms with Gasteiger partial charge in [0, 0.05) is 5.56 Å². The lowest BCUT2D eigenvalue weighted by atomic mass is 9.92. The SMILES string of the molecule is COc1c(C)cc(C(=O)NC2(CC(=O)O)CCCC2)cc1C. The van der Waals surface area contributed by atoms with Crippen molar-refractivity contribution in [2.24, 2.45) is 0 Å². The topological polar surface area (TPSA) is 75.6 Å². The van der Waals surface area contributed by atoms with Gasteiger partial charge in [-0.25, -0.2) is 0 Å². The maximum atomic E-state index is 12.5. The van der Waals surface area contributed by atoms with Crippen LogP contribution >= 0.6 is 0 Å². The molecule has 1 aromatic rings. The molecule has 1 saturated carbocycles. The van der Waals surface area contributed by atoms with Gasteiger partial charge in [-0.2, -0.15) is 0 Å². The normalized spacial score (nSPS) is 16.3. The molecule has 0 atom stereocenters. The van der Waals surface area contributed by atoms with E-state index in [4.69, 9.17) is 9.84 Å². The lowest BCUT2D eigenvalue weighted by Crippen LogP contribution is -2.47. The van der Waals surface area contributed by atoms with Gasteiger partial charge in [0.2, 0.25) is 0 Å². The Morgan fingerprint density at radius 1 is 1.23 bits per heavy atom. The molecule has 1 aliphatic carbocycles. The van der Waals surface area contributed by atoms with Crippen LogP contribution in [0.2, 0.25) is 0 Å². The summed E-state index contributed by atoms with van der Waals surface area (Å²) in [6, 6.07) is 3.56. The molecule has 0 spiro atoms. The lowest BCUT2D eigenvalue weighted by Gasteiger charge is -2.29. The largest absolute Gasteiger partial charge is 0.496 e. The number of benzene rings is 1. The molecule has 0 aromatic heterocycles. The molecule has 22 heavy (non-hydrogen) atoms. The van der Waals surface area contributed by atoms with E-state index in [9.17, 15) is 9.59 Å². The van der Waals surface area contributed by atoms with Crippen molar-refractivity contribution in [3.05, 3.63) is 28.8 Å². The van der Waals surface area contributed by atoms with E-state index < -0.39 is 11.5 Å². The first-order valence-electron chi connectivity index (χ1n) is 7.56. The van der Waals surface area contributed by atoms with Gasteiger partial charge in [-0.05, 0) is 49.9 Å². The number of amides is 1. The highest BCUT2D eigenvalue weighted by Crippen LogP contribution is 2.33. The number of aliphatic carboxylic acids is 1. The van der Waals surface area contributed by atoms with Crippen LogP contribution in [0.4, 0.5) is 0 Å². The van der Waals surface area contributed by atoms with Crippen LogP contribution in [0.5, 0.6) is 5.75 Å². The van der Waals surface area contributed by atoms with Crippen molar-refractivity contribution in [2.45, 2.75) is 51.5 Å². The van der Waals surface area contributed by atoms with Gasteiger partial charge in [-0.3, -0.25) is 9.59 Å². The molecule has 2 N–H and O–H groups in total. The number of nitrogens with one attached hydrogen (secondary N) is 1. The molecule has 1 aromatic carbocycles. The molecule has 1 aliphatic rings. The Kier molecular flexibility index (Phi) is 4.74. The molecule has 0 unspecified atom stereocenters. The summed E-state index contributed by atoms with van der Waals surface area (Å²) >= 11 is 0. The molecule has 0 saturated heterocycles. The second-order valence-electron chi connectivity index (χ2n) is 6.16. The fraction of sp³-hybridized carbons (Fsp3) is 0.529. The molecular weight excluding hydrogens is 282 g/mol. The Hall–Kier alpha value is -2.04. The molecule has 0 radical (unpaired) electrons. The predicted molar refractivity (Wildman–Crippen MR) is 83.4 cm³/mol. The van der Waals surface area contributed by atoms with E-state index in [1.165, 1.54) is 0 Å². The Bertz CT molecular complexity index is 565. The number of carbonyl (C=O) groups excluding carboxylic acids is 1. The third-order valence-electron chi connectivity index (χ3n) is 4.36. The first kappa shape index (κ1) is 16.3. The molecule has 1 amide bonds. The van der Waals surface area contributed by atoms with Crippen LogP contribution in [0.3, 0.4) is 0 Å². The number of carboxylic acids is 1. The Labute approximate surface area is 130 Å². The maximum Gasteiger partial charge on any atom is 0.305 e. The van der Waals surface area contributed by atoms with E-state index in [1.807, 2.05) is 13.8 Å². The zero-order valence-corrected chi connectivity index (χ0v) is 13.4. The quantitative estimate of drug-likeness (QED) is 0.877. The molecule has 5 heteroatoms. The van der Waals surface area contributed by atoms with Crippen LogP contribution in [-0.2, 0) is 4.79 Å². The summed E-state index contributed by atoms with van der Waals surface area (Å²) in [5.41, 5.74) is 1.73. The smallest absolute Gasteiger partial charge is 0.305 e. The number of hydrogen-bond donors (Lipinski definition) is 2. The summed E-state index contributed by atoms with van der Waals surface area (Å²) in [6.07, 6.45) is 3.33. The molecule has 2 rings (SSSR count). The van der Waals surface area contributed by atoms with Gasteiger partial charge in [0.05, 0.1) is 19.1 Å². The summed E-state index contributed by atoms with van der Waals surface area (Å²) < 4.78 is 5.31. The zero-order chi connectivity index (χ0) is 16.3. The van der Waals surface area contributed by atoms with Crippen LogP contribution in [0, 0.1) is 13.8 Å². The lowest BCUT2D eigenvalue weighted by molar-refractivity contribution is -0.138. The van der Waals surface area contributed by atoms with Crippen LogP contribution < -0.4 is 10.1 Å². The average Bonchev–Trinajstić information content (AvgIpc) is 2.85. The van der Waals surface area contributed by atoms with Crippen molar-refractivity contribution in [3.63, 3.8) is 0 Å². The molecule has 1 fully saturated rings. The minimum Gasteiger partial charge on any atom is -0.496 e. The van der Waals surface area contributed by atoms with Crippen LogP contribution in [0.25, 0.3) is 0 Å². The standard InChI is InChI=1S/C17H23NO4/c1-11-8-13(9-12(2)15(11)22-3)16(21)18-17(10-14(19)20)6-4-5-7-17/h8-9H,4-7,10H2,1-3H3,(H,18,21)(H,19,20). The van der Waals surface area contributed by atoms with Gasteiger partial charge in [-0.15, -0.1) is 0 Å². The van der Waals surface area contributed by atoms with Crippen molar-refractivity contribution >= 4 is 11.9 Å². The predicted octanol–water partition coefficient (Wildman–Crippen LogP) is 2.83. The molecule has 0 heterocycles. The number of carboxylic acid groups (broad SMARTS) is 1. The fourth-order valence-electron chi connectivity index (χ4n) is 3.40. The number of aryl methyl sites for hydroxylation is 2. The van der Waals surface area contributed by atoms with Crippen LogP contribution in [0.15, 0.2) is 12.1 Å². The zero-order valence-electron chi connectivity index (χ0n) is 13.4. The van der Waals surface area contributed by atoms with Crippen molar-refractivity contribution in [2.75, 3.05) is 7.11 Å². The first-order chi connectivity index (χ1) is 10.4. The average molecular weight is 305 g/mol. The molecule has 0 bridgehead atoms. The van der Waals surface area contributed by atoms with Crippen molar-refractivity contribution < 1.29 is 19.4 Å². The summed E-state index contributed by atoms with van der Waals surface area (Å²) in [7, 11) is 1.61. The van der Waals surface area contributed by atoms with Crippen molar-refractivity contribution in [3.8, 4) is 5.75 Å². The number of ether oxygens (including phenoxy) is 1. The number of carbonyl (C=O) groups is 2. The minimum absolute atomic E-state index is 0.0210. The number of rotatable bonds is 5. The van der Waals surface area contributed by atoms with Crippen LogP contribution in [-0.4, -0.2) is 29.6 Å². The molecule has 5 nitrogen and oxygen atoms in total. The summed E-state index contributed by atoms with van der Waals surface area (Å²) in [5.74, 6) is -0.307. The maximum absolute atomic E-state index is 12.5. The van der Waals surface area contributed by atoms with Crippen molar-refractivity contribution in [1.82, 2.24) is 5.32 Å². The van der Waals surface area contributed by atoms with E-state index in [1.54, 1.807) is 19.2 Å². The van der Waals surface area contributed by atoms with E-state index in [0.29, 0.717) is 5.56 Å². The third kappa shape index (κ3) is 3.40. The third-order valence-corrected chi connectivity index (χ3v) is 4.36.